The predicted molar refractivity (Wildman–Crippen MR) is 102 cm³/mol. The fourth-order valence-electron chi connectivity index (χ4n) is 2.30. The van der Waals surface area contributed by atoms with Crippen LogP contribution in [-0.4, -0.2) is 13.5 Å². The second-order valence-corrected chi connectivity index (χ2v) is 9.33. The molecular formula is C17H15Cl2NO4S2. The molecule has 1 aromatic carbocycles. The summed E-state index contributed by atoms with van der Waals surface area (Å²) >= 11 is 13.3. The maximum Gasteiger partial charge on any atom is 0.242 e. The molecule has 1 unspecified atom stereocenters. The van der Waals surface area contributed by atoms with Crippen molar-refractivity contribution in [3.05, 3.63) is 73.8 Å². The zero-order valence-electron chi connectivity index (χ0n) is 13.6. The monoisotopic (exact) mass is 431 g/mol. The van der Waals surface area contributed by atoms with E-state index >= 15 is 0 Å². The van der Waals surface area contributed by atoms with E-state index in [2.05, 4.69) is 4.72 Å². The van der Waals surface area contributed by atoms with Crippen LogP contribution in [0, 0.1) is 6.92 Å². The molecule has 1 atom stereocenters. The summed E-state index contributed by atoms with van der Waals surface area (Å²) < 4.78 is 32.7. The number of aliphatic hydroxyl groups is 1. The maximum atomic E-state index is 12.5. The number of hydrogen-bond acceptors (Lipinski definition) is 5. The average Bonchev–Trinajstić information content (AvgIpc) is 3.27. The molecule has 0 saturated carbocycles. The highest BCUT2D eigenvalue weighted by molar-refractivity contribution is 7.89. The van der Waals surface area contributed by atoms with Crippen molar-refractivity contribution in [2.24, 2.45) is 0 Å². The first-order valence-electron chi connectivity index (χ1n) is 7.53. The molecule has 2 aromatic heterocycles. The van der Waals surface area contributed by atoms with Crippen LogP contribution in [0.15, 0.2) is 52.0 Å². The van der Waals surface area contributed by atoms with E-state index in [9.17, 15) is 13.5 Å². The lowest BCUT2D eigenvalue weighted by atomic mass is 10.2. The molecule has 5 nitrogen and oxygen atoms in total. The number of furan rings is 1. The Hall–Kier alpha value is -1.35. The van der Waals surface area contributed by atoms with Gasteiger partial charge < -0.3 is 9.52 Å². The van der Waals surface area contributed by atoms with Gasteiger partial charge in [0.1, 0.15) is 16.8 Å². The number of aliphatic hydroxyl groups excluding tert-OH is 1. The van der Waals surface area contributed by atoms with Crippen molar-refractivity contribution in [3.8, 4) is 0 Å². The number of rotatable bonds is 6. The number of hydrogen-bond donors (Lipinski definition) is 2. The van der Waals surface area contributed by atoms with Crippen LogP contribution in [0.25, 0.3) is 0 Å². The first kappa shape index (κ1) is 19.4. The van der Waals surface area contributed by atoms with Crippen LogP contribution in [0.2, 0.25) is 10.0 Å². The molecule has 26 heavy (non-hydrogen) atoms. The molecule has 138 valence electrons. The van der Waals surface area contributed by atoms with Gasteiger partial charge in [0.15, 0.2) is 0 Å². The first-order chi connectivity index (χ1) is 12.3. The third-order valence-corrected chi connectivity index (χ3v) is 7.11. The number of thiophene rings is 1. The quantitative estimate of drug-likeness (QED) is 0.601. The highest BCUT2D eigenvalue weighted by atomic mass is 35.5. The SMILES string of the molecule is Cc1cc(S(=O)(=O)NCc2ccc(C(O)c3ccco3)s2)c(Cl)cc1Cl. The summed E-state index contributed by atoms with van der Waals surface area (Å²) in [5, 5.41) is 10.7. The van der Waals surface area contributed by atoms with Crippen molar-refractivity contribution < 1.29 is 17.9 Å². The molecule has 3 aromatic rings. The molecule has 0 radical (unpaired) electrons. The van der Waals surface area contributed by atoms with Crippen molar-refractivity contribution in [2.75, 3.05) is 0 Å². The van der Waals surface area contributed by atoms with Crippen LogP contribution < -0.4 is 4.72 Å². The van der Waals surface area contributed by atoms with Gasteiger partial charge in [-0.2, -0.15) is 0 Å². The molecule has 0 aliphatic heterocycles. The summed E-state index contributed by atoms with van der Waals surface area (Å²) in [4.78, 5) is 1.39. The normalized spacial score (nSPS) is 13.1. The Kier molecular flexibility index (Phi) is 5.76. The van der Waals surface area contributed by atoms with Crippen LogP contribution in [0.4, 0.5) is 0 Å². The maximum absolute atomic E-state index is 12.5. The summed E-state index contributed by atoms with van der Waals surface area (Å²) in [7, 11) is -3.80. The van der Waals surface area contributed by atoms with Gasteiger partial charge in [-0.15, -0.1) is 11.3 Å². The average molecular weight is 432 g/mol. The summed E-state index contributed by atoms with van der Waals surface area (Å²) in [6, 6.07) is 9.71. The van der Waals surface area contributed by atoms with E-state index in [0.717, 1.165) is 4.88 Å². The van der Waals surface area contributed by atoms with E-state index in [1.807, 2.05) is 0 Å². The van der Waals surface area contributed by atoms with E-state index in [4.69, 9.17) is 27.6 Å². The van der Waals surface area contributed by atoms with Crippen molar-refractivity contribution in [1.82, 2.24) is 4.72 Å². The summed E-state index contributed by atoms with van der Waals surface area (Å²) in [5.41, 5.74) is 0.622. The number of sulfonamides is 1. The smallest absolute Gasteiger partial charge is 0.242 e. The highest BCUT2D eigenvalue weighted by Gasteiger charge is 2.20. The van der Waals surface area contributed by atoms with Gasteiger partial charge in [-0.3, -0.25) is 0 Å². The Bertz CT molecular complexity index is 1010. The van der Waals surface area contributed by atoms with Gasteiger partial charge in [-0.25, -0.2) is 13.1 Å². The topological polar surface area (TPSA) is 79.5 Å². The fourth-order valence-corrected chi connectivity index (χ4v) is 5.18. The molecule has 0 bridgehead atoms. The minimum Gasteiger partial charge on any atom is -0.466 e. The van der Waals surface area contributed by atoms with Gasteiger partial charge in [-0.05, 0) is 48.9 Å². The molecule has 3 rings (SSSR count). The molecular weight excluding hydrogens is 417 g/mol. The number of aryl methyl sites for hydroxylation is 1. The zero-order valence-corrected chi connectivity index (χ0v) is 16.7. The lowest BCUT2D eigenvalue weighted by Crippen LogP contribution is -2.23. The lowest BCUT2D eigenvalue weighted by Gasteiger charge is -2.09. The third kappa shape index (κ3) is 4.14. The van der Waals surface area contributed by atoms with E-state index in [-0.39, 0.29) is 16.5 Å². The second kappa shape index (κ2) is 7.72. The first-order valence-corrected chi connectivity index (χ1v) is 10.6. The Balaban J connectivity index is 1.74. The van der Waals surface area contributed by atoms with Crippen molar-refractivity contribution in [3.63, 3.8) is 0 Å². The molecule has 9 heteroatoms. The summed E-state index contributed by atoms with van der Waals surface area (Å²) in [6.45, 7) is 1.79. The number of nitrogens with one attached hydrogen (secondary N) is 1. The Morgan fingerprint density at radius 1 is 1.23 bits per heavy atom. The van der Waals surface area contributed by atoms with Crippen LogP contribution in [0.5, 0.6) is 0 Å². The van der Waals surface area contributed by atoms with Crippen LogP contribution >= 0.6 is 34.5 Å². The van der Waals surface area contributed by atoms with Gasteiger partial charge in [0, 0.05) is 21.3 Å². The third-order valence-electron chi connectivity index (χ3n) is 3.70. The van der Waals surface area contributed by atoms with Gasteiger partial charge in [0.05, 0.1) is 11.3 Å². The minimum absolute atomic E-state index is 0.0199. The molecule has 0 fully saturated rings. The van der Waals surface area contributed by atoms with Gasteiger partial charge >= 0.3 is 0 Å². The fraction of sp³-hybridized carbons (Fsp3) is 0.176. The van der Waals surface area contributed by atoms with E-state index < -0.39 is 16.1 Å². The standard InChI is InChI=1S/C17H15Cl2NO4S2/c1-10-7-16(13(19)8-12(10)18)26(22,23)20-9-11-4-5-15(25-11)17(21)14-3-2-6-24-14/h2-8,17,20-21H,9H2,1H3. The van der Waals surface area contributed by atoms with Crippen LogP contribution in [0.3, 0.4) is 0 Å². The highest BCUT2D eigenvalue weighted by Crippen LogP contribution is 2.30. The second-order valence-electron chi connectivity index (χ2n) is 5.58. The minimum atomic E-state index is -3.80. The number of halogens is 2. The Morgan fingerprint density at radius 3 is 2.69 bits per heavy atom. The van der Waals surface area contributed by atoms with Crippen LogP contribution in [-0.2, 0) is 16.6 Å². The van der Waals surface area contributed by atoms with Gasteiger partial charge in [-0.1, -0.05) is 23.2 Å². The Morgan fingerprint density at radius 2 is 2.00 bits per heavy atom. The van der Waals surface area contributed by atoms with Crippen LogP contribution in [0.1, 0.15) is 27.2 Å². The van der Waals surface area contributed by atoms with Gasteiger partial charge in [0.2, 0.25) is 10.0 Å². The summed E-state index contributed by atoms with van der Waals surface area (Å²) in [5.74, 6) is 0.433. The molecule has 0 amide bonds. The van der Waals surface area contributed by atoms with E-state index in [1.54, 1.807) is 31.2 Å². The molecule has 0 spiro atoms. The summed E-state index contributed by atoms with van der Waals surface area (Å²) in [6.07, 6.45) is 0.604. The van der Waals surface area contributed by atoms with E-state index in [0.29, 0.717) is 21.2 Å². The molecule has 0 aliphatic rings. The van der Waals surface area contributed by atoms with Crippen molar-refractivity contribution in [1.29, 1.82) is 0 Å². The lowest BCUT2D eigenvalue weighted by molar-refractivity contribution is 0.193. The largest absolute Gasteiger partial charge is 0.466 e. The Labute approximate surface area is 165 Å². The van der Waals surface area contributed by atoms with Crippen molar-refractivity contribution >= 4 is 44.6 Å². The number of benzene rings is 1. The van der Waals surface area contributed by atoms with Crippen molar-refractivity contribution in [2.45, 2.75) is 24.5 Å². The zero-order chi connectivity index (χ0) is 18.9. The molecule has 2 N–H and O–H groups in total. The predicted octanol–water partition coefficient (Wildman–Crippen LogP) is 4.52. The molecule has 0 aliphatic carbocycles. The molecule has 0 saturated heterocycles. The molecule has 2 heterocycles. The van der Waals surface area contributed by atoms with Gasteiger partial charge in [0.25, 0.3) is 0 Å². The van der Waals surface area contributed by atoms with E-state index in [1.165, 1.54) is 29.7 Å².